The van der Waals surface area contributed by atoms with Gasteiger partial charge in [0.05, 0.1) is 58.9 Å². The molecular weight excluding hydrogens is 1030 g/mol. The van der Waals surface area contributed by atoms with Gasteiger partial charge in [0, 0.05) is 106 Å². The van der Waals surface area contributed by atoms with Gasteiger partial charge in [0.15, 0.2) is 11.6 Å². The van der Waals surface area contributed by atoms with Crippen LogP contribution in [0.3, 0.4) is 0 Å². The molecule has 2 unspecified atom stereocenters. The zero-order valence-corrected chi connectivity index (χ0v) is 46.3. The highest BCUT2D eigenvalue weighted by Gasteiger charge is 2.45. The summed E-state index contributed by atoms with van der Waals surface area (Å²) in [6.45, 7) is 12.2. The van der Waals surface area contributed by atoms with Crippen molar-refractivity contribution in [1.29, 1.82) is 0 Å². The highest BCUT2D eigenvalue weighted by Crippen LogP contribution is 2.41. The summed E-state index contributed by atoms with van der Waals surface area (Å²) in [7, 11) is 1.60. The van der Waals surface area contributed by atoms with Gasteiger partial charge in [-0.3, -0.25) is 14.5 Å². The molecule has 5 aliphatic rings. The topological polar surface area (TPSA) is 240 Å². The number of aryl methyl sites for hydroxylation is 1. The number of β-amino-alcohol motifs (C(OH)–C–C–N with tert-alkyl or cyclic N) is 1. The molecule has 1 saturated carbocycles. The van der Waals surface area contributed by atoms with Crippen LogP contribution in [0.15, 0.2) is 83.0 Å². The van der Waals surface area contributed by atoms with Crippen molar-refractivity contribution in [3.05, 3.63) is 95.5 Å². The molecular formula is C58H71N11O9S. The van der Waals surface area contributed by atoms with Gasteiger partial charge in [0.2, 0.25) is 17.7 Å². The molecule has 2 bridgehead atoms. The monoisotopic (exact) mass is 1100 g/mol. The number of rotatable bonds is 19. The molecule has 20 nitrogen and oxygen atoms in total. The molecule has 4 aromatic heterocycles. The number of aromatic hydroxyl groups is 1. The molecule has 4 saturated heterocycles. The number of nitrogens with one attached hydrogen (secondary N) is 1. The number of anilines is 3. The molecule has 5 fully saturated rings. The number of nitrogens with zero attached hydrogens (tertiary/aromatic N) is 9. The van der Waals surface area contributed by atoms with Gasteiger partial charge in [-0.2, -0.15) is 0 Å². The van der Waals surface area contributed by atoms with Gasteiger partial charge in [-0.15, -0.1) is 21.5 Å². The molecule has 2 aromatic carbocycles. The number of piperidine rings is 1. The van der Waals surface area contributed by atoms with Crippen LogP contribution >= 0.6 is 11.3 Å². The van der Waals surface area contributed by atoms with Crippen molar-refractivity contribution < 1.29 is 43.3 Å². The summed E-state index contributed by atoms with van der Waals surface area (Å²) in [5.41, 5.74) is 14.1. The Morgan fingerprint density at radius 1 is 0.899 bits per heavy atom. The van der Waals surface area contributed by atoms with Gasteiger partial charge < -0.3 is 59.4 Å². The summed E-state index contributed by atoms with van der Waals surface area (Å²) >= 11 is 1.55. The Bertz CT molecular complexity index is 3090. The molecule has 418 valence electrons. The van der Waals surface area contributed by atoms with E-state index < -0.39 is 24.1 Å². The van der Waals surface area contributed by atoms with E-state index in [1.807, 2.05) is 75.8 Å². The number of pyridine rings is 1. The quantitative estimate of drug-likeness (QED) is 0.0629. The van der Waals surface area contributed by atoms with Crippen LogP contribution in [0.25, 0.3) is 21.7 Å². The Kier molecular flexibility index (Phi) is 15.9. The number of phenols is 1. The number of piperazine rings is 1. The van der Waals surface area contributed by atoms with E-state index in [0.29, 0.717) is 53.5 Å². The van der Waals surface area contributed by atoms with Gasteiger partial charge in [0.1, 0.15) is 36.2 Å². The van der Waals surface area contributed by atoms with Gasteiger partial charge in [-0.1, -0.05) is 38.1 Å². The smallest absolute Gasteiger partial charge is 0.254 e. The lowest BCUT2D eigenvalue weighted by molar-refractivity contribution is -0.141. The molecule has 21 heteroatoms. The largest absolute Gasteiger partial charge is 0.507 e. The van der Waals surface area contributed by atoms with Crippen molar-refractivity contribution in [2.24, 2.45) is 5.92 Å². The second-order valence-corrected chi connectivity index (χ2v) is 22.9. The first kappa shape index (κ1) is 53.9. The molecule has 4 aliphatic heterocycles. The van der Waals surface area contributed by atoms with Crippen molar-refractivity contribution in [3.63, 3.8) is 0 Å². The lowest BCUT2D eigenvalue weighted by Crippen LogP contribution is -2.54. The normalized spacial score (nSPS) is 23.2. The first-order valence-corrected chi connectivity index (χ1v) is 28.6. The van der Waals surface area contributed by atoms with Crippen LogP contribution in [0.1, 0.15) is 94.7 Å². The number of methoxy groups -OCH3 is 1. The molecule has 6 atom stereocenters. The van der Waals surface area contributed by atoms with Crippen LogP contribution in [-0.4, -0.2) is 153 Å². The van der Waals surface area contributed by atoms with E-state index in [4.69, 9.17) is 29.2 Å². The number of aromatic nitrogens is 5. The fraction of sp³-hybridized carbons (Fsp3) is 0.500. The van der Waals surface area contributed by atoms with Crippen LogP contribution in [0, 0.1) is 12.8 Å². The molecule has 5 N–H and O–H groups in total. The van der Waals surface area contributed by atoms with Crippen LogP contribution in [-0.2, 0) is 14.3 Å². The number of carbonyl (C=O) groups is 2. The zero-order valence-electron chi connectivity index (χ0n) is 45.4. The number of likely N-dealkylation sites (tertiary alicyclic amines) is 2. The van der Waals surface area contributed by atoms with Crippen molar-refractivity contribution in [3.8, 4) is 45.0 Å². The van der Waals surface area contributed by atoms with Crippen LogP contribution in [0.2, 0.25) is 0 Å². The third-order valence-corrected chi connectivity index (χ3v) is 17.4. The zero-order chi connectivity index (χ0) is 54.9. The maximum absolute atomic E-state index is 14.3. The van der Waals surface area contributed by atoms with Gasteiger partial charge in [0.25, 0.3) is 5.88 Å². The summed E-state index contributed by atoms with van der Waals surface area (Å²) in [6.07, 6.45) is 7.13. The summed E-state index contributed by atoms with van der Waals surface area (Å²) < 4.78 is 30.5. The number of hydrogen-bond donors (Lipinski definition) is 4. The van der Waals surface area contributed by atoms with Gasteiger partial charge >= 0.3 is 0 Å². The number of para-hydroxylation sites is 1. The predicted octanol–water partition coefficient (Wildman–Crippen LogP) is 7.16. The fourth-order valence-electron chi connectivity index (χ4n) is 12.2. The second kappa shape index (κ2) is 23.3. The Morgan fingerprint density at radius 3 is 2.42 bits per heavy atom. The number of thiazole rings is 1. The molecule has 0 radical (unpaired) electrons. The molecule has 8 heterocycles. The number of carbonyl (C=O) groups excluding carboxylic acids is 2. The molecule has 6 aromatic rings. The number of nitrogens with two attached hydrogens (primary N) is 1. The number of nitrogen functional groups attached to an aromatic ring is 1. The number of benzene rings is 2. The van der Waals surface area contributed by atoms with Crippen molar-refractivity contribution in [2.75, 3.05) is 68.5 Å². The number of ether oxygens (including phenoxy) is 4. The van der Waals surface area contributed by atoms with Crippen molar-refractivity contribution in [2.45, 2.75) is 127 Å². The fourth-order valence-corrected chi connectivity index (χ4v) is 13.0. The van der Waals surface area contributed by atoms with E-state index in [2.05, 4.69) is 57.5 Å². The minimum Gasteiger partial charge on any atom is -0.507 e. The van der Waals surface area contributed by atoms with Crippen LogP contribution < -0.4 is 35.1 Å². The van der Waals surface area contributed by atoms with E-state index >= 15 is 0 Å². The number of hydrogen-bond acceptors (Lipinski definition) is 19. The summed E-state index contributed by atoms with van der Waals surface area (Å²) in [5, 5.41) is 37.1. The standard InChI is InChI=1S/C58H71N11O9S/c1-33(2)54(58(73)68-31-40(70)24-48(68)57(72)62-34(3)44-13-10-36(22-50(44)74-5)55-35(4)61-32-79-55)51-28-53(65-78-51)75-21-20-66-18-15-41(16-19-66)76-42-25-43(26-42)77-52-23-37(14-17-60-52)69-38-11-12-39(69)30-67(29-38)47-27-46(63-64-56(47)59)45-8-6-7-9-49(45)71/h6-10,13-14,17,22-23,27-28,32-34,38-43,48,54,70-71H,11-12,15-16,18-21,24-26,29-31H2,1-5H3,(H2,59,64)(H,62,72)/t34-,38?,39?,40+,42-,43-,48-,54-/m0/s1. The first-order valence-electron chi connectivity index (χ1n) is 27.7. The Morgan fingerprint density at radius 2 is 1.68 bits per heavy atom. The van der Waals surface area contributed by atoms with Crippen molar-refractivity contribution in [1.82, 2.24) is 40.4 Å². The Hall–Kier alpha value is -7.07. The highest BCUT2D eigenvalue weighted by molar-refractivity contribution is 7.13. The number of fused-ring (bicyclic) bond motifs is 2. The summed E-state index contributed by atoms with van der Waals surface area (Å²) in [4.78, 5) is 46.9. The molecule has 79 heavy (non-hydrogen) atoms. The Balaban J connectivity index is 0.606. The average Bonchev–Trinajstić information content (AvgIpc) is 4.36. The van der Waals surface area contributed by atoms with E-state index in [9.17, 15) is 19.8 Å². The van der Waals surface area contributed by atoms with Gasteiger partial charge in [-0.25, -0.2) is 9.97 Å². The van der Waals surface area contributed by atoms with E-state index in [1.165, 1.54) is 4.90 Å². The van der Waals surface area contributed by atoms with E-state index in [0.717, 1.165) is 97.8 Å². The first-order chi connectivity index (χ1) is 38.3. The average molecular weight is 1100 g/mol. The Labute approximate surface area is 464 Å². The molecule has 1 aliphatic carbocycles. The maximum Gasteiger partial charge on any atom is 0.254 e. The number of aliphatic hydroxyl groups excluding tert-OH is 1. The predicted molar refractivity (Wildman–Crippen MR) is 298 cm³/mol. The number of phenolic OH excluding ortho intramolecular Hbond substituents is 1. The molecule has 0 spiro atoms. The number of aliphatic hydroxyl groups is 1. The van der Waals surface area contributed by atoms with E-state index in [1.54, 1.807) is 36.6 Å². The van der Waals surface area contributed by atoms with E-state index in [-0.39, 0.29) is 66.8 Å². The van der Waals surface area contributed by atoms with Crippen LogP contribution in [0.5, 0.6) is 23.3 Å². The number of amides is 2. The third kappa shape index (κ3) is 11.7. The third-order valence-electron chi connectivity index (χ3n) is 16.4. The SMILES string of the molecule is COc1cc(-c2scnc2C)ccc1[C@H](C)NC(=O)[C@@H]1C[C@@H](O)CN1C(=O)[C@H](c1cc(OCCN2CCC(O[C@H]3C[C@H](Oc4cc(N5C6CCC5CN(c5cc(-c7ccccc7O)nnc5N)C6)ccn4)C3)CC2)no1)C(C)C. The lowest BCUT2D eigenvalue weighted by Gasteiger charge is -2.43. The maximum atomic E-state index is 14.3. The highest BCUT2D eigenvalue weighted by atomic mass is 32.1. The van der Waals surface area contributed by atoms with Crippen molar-refractivity contribution >= 4 is 40.3 Å². The lowest BCUT2D eigenvalue weighted by atomic mass is 9.91. The summed E-state index contributed by atoms with van der Waals surface area (Å²) in [6, 6.07) is 20.0. The molecule has 2 amide bonds. The molecule has 11 rings (SSSR count). The minimum absolute atomic E-state index is 0.0284. The minimum atomic E-state index is -0.875. The second-order valence-electron chi connectivity index (χ2n) is 22.1. The van der Waals surface area contributed by atoms with Crippen LogP contribution in [0.4, 0.5) is 17.2 Å². The summed E-state index contributed by atoms with van der Waals surface area (Å²) in [5.74, 6) is 0.830. The van der Waals surface area contributed by atoms with Gasteiger partial charge in [-0.05, 0) is 86.5 Å².